The zero-order chi connectivity index (χ0) is 6.78. The Morgan fingerprint density at radius 3 is 2.00 bits per heavy atom. The van der Waals surface area contributed by atoms with Crippen LogP contribution in [-0.4, -0.2) is 25.1 Å². The highest BCUT2D eigenvalue weighted by molar-refractivity contribution is 9.09. The zero-order valence-electron chi connectivity index (χ0n) is 4.22. The predicted octanol–water partition coefficient (Wildman–Crippen LogP) is -0.0475. The van der Waals surface area contributed by atoms with Gasteiger partial charge in [0.25, 0.3) is 5.12 Å². The van der Waals surface area contributed by atoms with Gasteiger partial charge in [0.1, 0.15) is 0 Å². The molecule has 0 aliphatic heterocycles. The highest BCUT2D eigenvalue weighted by atomic mass is 79.9. The second-order valence-electron chi connectivity index (χ2n) is 1.28. The maximum atomic E-state index is 10.2. The summed E-state index contributed by atoms with van der Waals surface area (Å²) < 4.78 is 20.4. The van der Waals surface area contributed by atoms with Gasteiger partial charge in [0.2, 0.25) is 9.84 Å². The quantitative estimate of drug-likeness (QED) is 0.559. The van der Waals surface area contributed by atoms with Crippen LogP contribution in [0, 0.1) is 0 Å². The number of hydrogen-bond acceptors (Lipinski definition) is 3. The van der Waals surface area contributed by atoms with E-state index in [-0.39, 0.29) is 5.33 Å². The minimum Gasteiger partial charge on any atom is -0.281 e. The molecule has 0 rings (SSSR count). The van der Waals surface area contributed by atoms with Crippen LogP contribution in [0.25, 0.3) is 0 Å². The van der Waals surface area contributed by atoms with E-state index in [4.69, 9.17) is 0 Å². The Morgan fingerprint density at radius 2 is 2.00 bits per heavy atom. The number of hydrogen-bond donors (Lipinski definition) is 0. The van der Waals surface area contributed by atoms with Crippen molar-refractivity contribution < 1.29 is 13.2 Å². The Balaban J connectivity index is 4.29. The summed E-state index contributed by atoms with van der Waals surface area (Å²) in [5.41, 5.74) is 0. The summed E-state index contributed by atoms with van der Waals surface area (Å²) >= 11 is 2.72. The zero-order valence-corrected chi connectivity index (χ0v) is 6.62. The number of halogens is 1. The van der Waals surface area contributed by atoms with Gasteiger partial charge in [0.15, 0.2) is 0 Å². The van der Waals surface area contributed by atoms with Gasteiger partial charge in [-0.25, -0.2) is 8.42 Å². The molecule has 0 heterocycles. The summed E-state index contributed by atoms with van der Waals surface area (Å²) in [4.78, 5) is 10.2. The average Bonchev–Trinajstić information content (AvgIpc) is 1.62. The van der Waals surface area contributed by atoms with E-state index in [0.717, 1.165) is 6.26 Å². The summed E-state index contributed by atoms with van der Waals surface area (Å²) in [6.45, 7) is 0. The Hall–Kier alpha value is 0.1000. The number of rotatable bonds is 1. The molecular formula is C3H5BrO3S. The lowest BCUT2D eigenvalue weighted by Crippen LogP contribution is -2.12. The molecule has 0 N–H and O–H groups in total. The molecule has 48 valence electrons. The maximum Gasteiger partial charge on any atom is 0.256 e. The van der Waals surface area contributed by atoms with Crippen molar-refractivity contribution in [2.45, 2.75) is 0 Å². The van der Waals surface area contributed by atoms with Crippen molar-refractivity contribution in [2.75, 3.05) is 11.6 Å². The van der Waals surface area contributed by atoms with Crippen molar-refractivity contribution in [1.29, 1.82) is 0 Å². The van der Waals surface area contributed by atoms with E-state index in [9.17, 15) is 13.2 Å². The number of alkyl halides is 1. The summed E-state index contributed by atoms with van der Waals surface area (Å²) in [6.07, 6.45) is 0.886. The number of sulfone groups is 1. The molecule has 0 saturated heterocycles. The minimum absolute atomic E-state index is 0.119. The molecule has 0 aliphatic rings. The molecule has 3 nitrogen and oxygen atoms in total. The lowest BCUT2D eigenvalue weighted by molar-refractivity contribution is -0.109. The summed E-state index contributed by atoms with van der Waals surface area (Å²) in [6, 6.07) is 0. The molecule has 0 aromatic rings. The van der Waals surface area contributed by atoms with Crippen LogP contribution in [0.15, 0.2) is 0 Å². The van der Waals surface area contributed by atoms with Crippen LogP contribution in [0.5, 0.6) is 0 Å². The monoisotopic (exact) mass is 200 g/mol. The topological polar surface area (TPSA) is 51.2 Å². The Bertz CT molecular complexity index is 181. The predicted molar refractivity (Wildman–Crippen MR) is 33.6 cm³/mol. The van der Waals surface area contributed by atoms with Crippen LogP contribution in [0.2, 0.25) is 0 Å². The van der Waals surface area contributed by atoms with E-state index >= 15 is 0 Å². The molecule has 0 aromatic heterocycles. The van der Waals surface area contributed by atoms with Crippen LogP contribution >= 0.6 is 15.9 Å². The second-order valence-corrected chi connectivity index (χ2v) is 3.84. The Kier molecular flexibility index (Phi) is 2.62. The van der Waals surface area contributed by atoms with Gasteiger partial charge in [-0.3, -0.25) is 4.79 Å². The lowest BCUT2D eigenvalue weighted by Gasteiger charge is -1.86. The van der Waals surface area contributed by atoms with E-state index in [0.29, 0.717) is 0 Å². The highest BCUT2D eigenvalue weighted by Gasteiger charge is 2.11. The Labute approximate surface area is 56.1 Å². The van der Waals surface area contributed by atoms with Crippen molar-refractivity contribution in [3.63, 3.8) is 0 Å². The van der Waals surface area contributed by atoms with Crippen molar-refractivity contribution >= 4 is 30.9 Å². The number of carbonyl (C=O) groups is 1. The van der Waals surface area contributed by atoms with Gasteiger partial charge in [-0.05, 0) is 0 Å². The van der Waals surface area contributed by atoms with Gasteiger partial charge in [0.05, 0.1) is 5.33 Å². The fourth-order valence-electron chi connectivity index (χ4n) is 0.0991. The molecule has 0 aromatic carbocycles. The molecular weight excluding hydrogens is 196 g/mol. The molecule has 0 aliphatic carbocycles. The largest absolute Gasteiger partial charge is 0.281 e. The second kappa shape index (κ2) is 2.59. The van der Waals surface area contributed by atoms with Gasteiger partial charge in [0, 0.05) is 6.26 Å². The standard InChI is InChI=1S/C3H5BrO3S/c1-8(6,7)3(5)2-4/h2H2,1H3. The average molecular weight is 201 g/mol. The fourth-order valence-corrected chi connectivity index (χ4v) is 1.54. The van der Waals surface area contributed by atoms with Crippen LogP contribution in [0.4, 0.5) is 0 Å². The van der Waals surface area contributed by atoms with Gasteiger partial charge in [-0.2, -0.15) is 0 Å². The smallest absolute Gasteiger partial charge is 0.256 e. The van der Waals surface area contributed by atoms with Crippen LogP contribution < -0.4 is 0 Å². The van der Waals surface area contributed by atoms with Crippen molar-refractivity contribution in [1.82, 2.24) is 0 Å². The molecule has 5 heteroatoms. The molecule has 0 saturated carbocycles. The van der Waals surface area contributed by atoms with Crippen LogP contribution in [-0.2, 0) is 14.6 Å². The third-order valence-electron chi connectivity index (χ3n) is 0.523. The molecule has 0 spiro atoms. The lowest BCUT2D eigenvalue weighted by atomic mass is 10.9. The normalized spacial score (nSPS) is 11.2. The van der Waals surface area contributed by atoms with Crippen LogP contribution in [0.1, 0.15) is 0 Å². The first-order valence-electron chi connectivity index (χ1n) is 1.77. The van der Waals surface area contributed by atoms with Crippen molar-refractivity contribution in [3.8, 4) is 0 Å². The SMILES string of the molecule is CS(=O)(=O)C(=O)CBr. The molecule has 0 fully saturated rings. The highest BCUT2D eigenvalue weighted by Crippen LogP contribution is 1.89. The van der Waals surface area contributed by atoms with Gasteiger partial charge >= 0.3 is 0 Å². The first kappa shape index (κ1) is 8.10. The van der Waals surface area contributed by atoms with Crippen molar-refractivity contribution in [3.05, 3.63) is 0 Å². The molecule has 0 radical (unpaired) electrons. The first-order valence-corrected chi connectivity index (χ1v) is 4.78. The fraction of sp³-hybridized carbons (Fsp3) is 0.667. The molecule has 0 atom stereocenters. The minimum atomic E-state index is -3.44. The number of carbonyl (C=O) groups excluding carboxylic acids is 1. The summed E-state index contributed by atoms with van der Waals surface area (Å²) in [5, 5.41) is -0.899. The first-order chi connectivity index (χ1) is 3.48. The van der Waals surface area contributed by atoms with Crippen LogP contribution in [0.3, 0.4) is 0 Å². The van der Waals surface area contributed by atoms with Gasteiger partial charge in [-0.1, -0.05) is 15.9 Å². The van der Waals surface area contributed by atoms with E-state index in [1.807, 2.05) is 0 Å². The molecule has 0 unspecified atom stereocenters. The third-order valence-corrected chi connectivity index (χ3v) is 2.37. The molecule has 0 amide bonds. The summed E-state index contributed by atoms with van der Waals surface area (Å²) in [5.74, 6) is 0. The van der Waals surface area contributed by atoms with E-state index in [1.165, 1.54) is 0 Å². The van der Waals surface area contributed by atoms with Crippen molar-refractivity contribution in [2.24, 2.45) is 0 Å². The van der Waals surface area contributed by atoms with Gasteiger partial charge in [-0.15, -0.1) is 0 Å². The third kappa shape index (κ3) is 2.42. The summed E-state index contributed by atoms with van der Waals surface area (Å²) in [7, 11) is -3.44. The van der Waals surface area contributed by atoms with E-state index < -0.39 is 15.0 Å². The maximum absolute atomic E-state index is 10.2. The molecule has 0 bridgehead atoms. The van der Waals surface area contributed by atoms with Gasteiger partial charge < -0.3 is 0 Å². The van der Waals surface area contributed by atoms with E-state index in [1.54, 1.807) is 0 Å². The Morgan fingerprint density at radius 1 is 1.62 bits per heavy atom. The molecule has 8 heavy (non-hydrogen) atoms. The van der Waals surface area contributed by atoms with E-state index in [2.05, 4.69) is 15.9 Å².